The second-order valence-electron chi connectivity index (χ2n) is 8.05. The number of amides is 1. The Morgan fingerprint density at radius 1 is 1.38 bits per heavy atom. The van der Waals surface area contributed by atoms with Gasteiger partial charge in [-0.2, -0.15) is 0 Å². The number of fused-ring (bicyclic) bond motifs is 2. The summed E-state index contributed by atoms with van der Waals surface area (Å²) in [5.74, 6) is 0.840. The Hall–Kier alpha value is -2.83. The third kappa shape index (κ3) is 4.28. The first-order valence-electron chi connectivity index (χ1n) is 10.5. The van der Waals surface area contributed by atoms with Gasteiger partial charge in [0, 0.05) is 18.0 Å². The lowest BCUT2D eigenvalue weighted by Gasteiger charge is -2.23. The summed E-state index contributed by atoms with van der Waals surface area (Å²) in [6.45, 7) is 6.29. The first kappa shape index (κ1) is 19.5. The highest BCUT2D eigenvalue weighted by Gasteiger charge is 2.20. The molecule has 1 unspecified atom stereocenters. The molecule has 1 amide bonds. The fourth-order valence-corrected chi connectivity index (χ4v) is 4.11. The maximum Gasteiger partial charge on any atom is 0.274 e. The van der Waals surface area contributed by atoms with Crippen molar-refractivity contribution in [3.8, 4) is 5.75 Å². The zero-order valence-corrected chi connectivity index (χ0v) is 16.9. The smallest absolute Gasteiger partial charge is 0.274 e. The molecule has 7 nitrogen and oxygen atoms in total. The number of ether oxygens (including phenoxy) is 1. The maximum atomic E-state index is 12.3. The van der Waals surface area contributed by atoms with Crippen molar-refractivity contribution in [2.45, 2.75) is 70.6 Å². The highest BCUT2D eigenvalue weighted by molar-refractivity contribution is 5.76. The van der Waals surface area contributed by atoms with Gasteiger partial charge < -0.3 is 14.6 Å². The van der Waals surface area contributed by atoms with Crippen molar-refractivity contribution in [2.24, 2.45) is 4.99 Å². The van der Waals surface area contributed by atoms with Crippen LogP contribution < -0.4 is 26.6 Å². The van der Waals surface area contributed by atoms with E-state index in [1.807, 2.05) is 25.1 Å². The average Bonchev–Trinajstić information content (AvgIpc) is 2.99. The maximum absolute atomic E-state index is 12.3. The molecule has 1 aliphatic carbocycles. The molecule has 29 heavy (non-hydrogen) atoms. The number of H-pyrrole nitrogens is 1. The summed E-state index contributed by atoms with van der Waals surface area (Å²) >= 11 is 0. The van der Waals surface area contributed by atoms with E-state index in [1.165, 1.54) is 19.3 Å². The number of carbonyl (C=O) groups is 1. The van der Waals surface area contributed by atoms with Gasteiger partial charge in [0.2, 0.25) is 11.5 Å². The molecule has 0 radical (unpaired) electrons. The summed E-state index contributed by atoms with van der Waals surface area (Å²) in [6.07, 6.45) is 6.87. The fourth-order valence-electron chi connectivity index (χ4n) is 4.11. The Morgan fingerprint density at radius 3 is 2.97 bits per heavy atom. The summed E-state index contributed by atoms with van der Waals surface area (Å²) in [5, 5.41) is 3.54. The number of carbonyl (C=O) groups excluding carboxylic acids is 1. The lowest BCUT2D eigenvalue weighted by Crippen LogP contribution is -2.36. The normalized spacial score (nSPS) is 17.0. The molecular formula is C22H28N4O3. The third-order valence-corrected chi connectivity index (χ3v) is 5.80. The van der Waals surface area contributed by atoms with Crippen LogP contribution in [0, 0.1) is 0 Å². The summed E-state index contributed by atoms with van der Waals surface area (Å²) in [7, 11) is 0. The first-order chi connectivity index (χ1) is 14.0. The minimum absolute atomic E-state index is 0.106. The average molecular weight is 396 g/mol. The highest BCUT2D eigenvalue weighted by atomic mass is 16.5. The number of hydrogen-bond donors (Lipinski definition) is 2. The van der Waals surface area contributed by atoms with Crippen molar-refractivity contribution in [1.29, 1.82) is 0 Å². The number of nitrogens with zero attached hydrogens (tertiary/aromatic N) is 2. The van der Waals surface area contributed by atoms with Gasteiger partial charge in [-0.05, 0) is 38.3 Å². The summed E-state index contributed by atoms with van der Waals surface area (Å²) in [5.41, 5.74) is 1.99. The van der Waals surface area contributed by atoms with Gasteiger partial charge in [0.05, 0.1) is 18.3 Å². The molecular weight excluding hydrogens is 368 g/mol. The Bertz CT molecular complexity index is 1060. The van der Waals surface area contributed by atoms with Crippen molar-refractivity contribution >= 4 is 18.2 Å². The number of aromatic nitrogens is 2. The van der Waals surface area contributed by atoms with Gasteiger partial charge in [-0.15, -0.1) is 0 Å². The van der Waals surface area contributed by atoms with E-state index in [9.17, 15) is 9.59 Å². The van der Waals surface area contributed by atoms with Crippen LogP contribution in [0.25, 0.3) is 6.58 Å². The summed E-state index contributed by atoms with van der Waals surface area (Å²) in [4.78, 5) is 31.3. The van der Waals surface area contributed by atoms with E-state index in [1.54, 1.807) is 4.57 Å². The zero-order valence-electron chi connectivity index (χ0n) is 16.9. The van der Waals surface area contributed by atoms with Crippen molar-refractivity contribution in [3.05, 3.63) is 45.1 Å². The molecule has 2 aromatic rings. The minimum Gasteiger partial charge on any atom is -0.490 e. The molecule has 2 N–H and O–H groups in total. The van der Waals surface area contributed by atoms with Crippen molar-refractivity contribution in [3.63, 3.8) is 0 Å². The fraction of sp³-hybridized carbons (Fsp3) is 0.500. The summed E-state index contributed by atoms with van der Waals surface area (Å²) < 4.78 is 7.92. The third-order valence-electron chi connectivity index (χ3n) is 5.80. The largest absolute Gasteiger partial charge is 0.490 e. The van der Waals surface area contributed by atoms with Gasteiger partial charge in [-0.1, -0.05) is 31.9 Å². The van der Waals surface area contributed by atoms with E-state index in [2.05, 4.69) is 21.9 Å². The number of rotatable bonds is 6. The molecule has 0 saturated heterocycles. The van der Waals surface area contributed by atoms with Crippen LogP contribution in [0.1, 0.15) is 57.4 Å². The predicted octanol–water partition coefficient (Wildman–Crippen LogP) is 1.90. The van der Waals surface area contributed by atoms with Crippen LogP contribution in [-0.2, 0) is 11.3 Å². The number of imidazole rings is 1. The lowest BCUT2D eigenvalue weighted by molar-refractivity contribution is -0.122. The monoisotopic (exact) mass is 396 g/mol. The van der Waals surface area contributed by atoms with E-state index in [0.29, 0.717) is 36.4 Å². The summed E-state index contributed by atoms with van der Waals surface area (Å²) in [6, 6.07) is 6.04. The van der Waals surface area contributed by atoms with Crippen LogP contribution in [0.15, 0.2) is 28.0 Å². The molecule has 7 heteroatoms. The van der Waals surface area contributed by atoms with E-state index < -0.39 is 0 Å². The molecule has 1 aliphatic heterocycles. The topological polar surface area (TPSA) is 88.5 Å². The minimum atomic E-state index is -0.226. The molecule has 154 valence electrons. The van der Waals surface area contributed by atoms with Crippen LogP contribution in [-0.4, -0.2) is 27.6 Å². The van der Waals surface area contributed by atoms with Crippen molar-refractivity contribution in [2.75, 3.05) is 0 Å². The van der Waals surface area contributed by atoms with Crippen molar-refractivity contribution < 1.29 is 9.53 Å². The molecule has 4 rings (SSSR count). The van der Waals surface area contributed by atoms with Crippen LogP contribution in [0.4, 0.5) is 5.69 Å². The van der Waals surface area contributed by atoms with Crippen LogP contribution in [0.3, 0.4) is 0 Å². The van der Waals surface area contributed by atoms with E-state index >= 15 is 0 Å². The van der Waals surface area contributed by atoms with Crippen molar-refractivity contribution in [1.82, 2.24) is 14.9 Å². The van der Waals surface area contributed by atoms with Gasteiger partial charge in [0.25, 0.3) is 5.56 Å². The van der Waals surface area contributed by atoms with E-state index in [-0.39, 0.29) is 17.6 Å². The molecule has 1 saturated carbocycles. The lowest BCUT2D eigenvalue weighted by atomic mass is 9.95. The Kier molecular flexibility index (Phi) is 5.56. The zero-order chi connectivity index (χ0) is 20.4. The van der Waals surface area contributed by atoms with Gasteiger partial charge in [-0.25, -0.2) is 4.99 Å². The highest BCUT2D eigenvalue weighted by Crippen LogP contribution is 2.31. The molecule has 0 bridgehead atoms. The van der Waals surface area contributed by atoms with E-state index in [4.69, 9.17) is 4.74 Å². The van der Waals surface area contributed by atoms with Gasteiger partial charge in [0.1, 0.15) is 11.1 Å². The molecule has 1 fully saturated rings. The van der Waals surface area contributed by atoms with Gasteiger partial charge >= 0.3 is 0 Å². The number of benzene rings is 1. The van der Waals surface area contributed by atoms with E-state index in [0.717, 1.165) is 29.8 Å². The number of aromatic amines is 1. The second-order valence-corrected chi connectivity index (χ2v) is 8.05. The number of nitrogens with one attached hydrogen (secondary N) is 2. The predicted molar refractivity (Wildman–Crippen MR) is 111 cm³/mol. The number of hydrogen-bond acceptors (Lipinski definition) is 4. The molecule has 1 atom stereocenters. The second kappa shape index (κ2) is 8.27. The molecule has 1 aromatic carbocycles. The van der Waals surface area contributed by atoms with Crippen LogP contribution in [0.2, 0.25) is 0 Å². The Labute approximate surface area is 169 Å². The van der Waals surface area contributed by atoms with Gasteiger partial charge in [-0.3, -0.25) is 14.6 Å². The molecule has 1 aromatic heterocycles. The standard InChI is InChI=1S/C22H28N4O3/c1-14(11-12-20(27)23-16-7-4-3-5-8-16)29-19-10-6-9-18-17(19)13-26-15(2)21(28)25-22(26)24-18/h6,9-10,14,16H,2-5,7-8,11-13H2,1H3,(H,23,27)(H,24,25,28). The quantitative estimate of drug-likeness (QED) is 0.667. The Balaban J connectivity index is 1.38. The van der Waals surface area contributed by atoms with Gasteiger partial charge in [0.15, 0.2) is 0 Å². The van der Waals surface area contributed by atoms with Crippen LogP contribution >= 0.6 is 0 Å². The SMILES string of the molecule is C=c1c(=O)[nH]c2n1Cc1c(cccc1OC(C)CCC(=O)NC1CCCCC1)N=2. The molecule has 2 aliphatic rings. The molecule has 0 spiro atoms. The first-order valence-corrected chi connectivity index (χ1v) is 10.5. The Morgan fingerprint density at radius 2 is 2.17 bits per heavy atom. The van der Waals surface area contributed by atoms with Crippen LogP contribution in [0.5, 0.6) is 5.75 Å². The molecule has 2 heterocycles.